The predicted molar refractivity (Wildman–Crippen MR) is 87.5 cm³/mol. The third kappa shape index (κ3) is 3.30. The van der Waals surface area contributed by atoms with Gasteiger partial charge in [-0.05, 0) is 51.0 Å². The number of para-hydroxylation sites is 1. The molecule has 0 unspecified atom stereocenters. The summed E-state index contributed by atoms with van der Waals surface area (Å²) in [5.41, 5.74) is 0.568. The molecule has 22 heavy (non-hydrogen) atoms. The third-order valence-electron chi connectivity index (χ3n) is 4.30. The molecule has 5 heteroatoms. The monoisotopic (exact) mass is 301 g/mol. The number of rotatable bonds is 5. The first-order chi connectivity index (χ1) is 10.8. The molecule has 0 atom stereocenters. The van der Waals surface area contributed by atoms with E-state index in [1.54, 1.807) is 13.2 Å². The average molecular weight is 301 g/mol. The maximum absolute atomic E-state index is 12.2. The number of nitrogens with one attached hydrogen (secondary N) is 1. The van der Waals surface area contributed by atoms with Gasteiger partial charge < -0.3 is 14.6 Å². The Morgan fingerprint density at radius 1 is 1.27 bits per heavy atom. The molecule has 2 aromatic rings. The Morgan fingerprint density at radius 2 is 2.09 bits per heavy atom. The number of hydrogen-bond acceptors (Lipinski definition) is 4. The zero-order valence-corrected chi connectivity index (χ0v) is 13.1. The number of aromatic nitrogens is 2. The van der Waals surface area contributed by atoms with Crippen LogP contribution < -0.4 is 10.3 Å². The fourth-order valence-electron chi connectivity index (χ4n) is 3.12. The lowest BCUT2D eigenvalue weighted by Gasteiger charge is -2.26. The number of nitrogens with zero attached hydrogens (tertiary/aromatic N) is 2. The van der Waals surface area contributed by atoms with Crippen molar-refractivity contribution in [2.45, 2.75) is 32.1 Å². The molecule has 0 saturated carbocycles. The summed E-state index contributed by atoms with van der Waals surface area (Å²) in [7, 11) is 1.60. The van der Waals surface area contributed by atoms with Crippen molar-refractivity contribution < 1.29 is 4.74 Å². The van der Waals surface area contributed by atoms with Crippen LogP contribution in [0.4, 0.5) is 0 Å². The first-order valence-electron chi connectivity index (χ1n) is 8.06. The van der Waals surface area contributed by atoms with Gasteiger partial charge in [-0.2, -0.15) is 0 Å². The SMILES string of the molecule is COc1cccc2c(=O)[nH]c(CCCN3CCCCC3)nc12. The van der Waals surface area contributed by atoms with E-state index in [1.807, 2.05) is 12.1 Å². The molecule has 0 aliphatic carbocycles. The normalized spacial score (nSPS) is 16.0. The van der Waals surface area contributed by atoms with E-state index in [1.165, 1.54) is 32.4 Å². The summed E-state index contributed by atoms with van der Waals surface area (Å²) in [6.07, 6.45) is 5.78. The minimum atomic E-state index is -0.0862. The fraction of sp³-hybridized carbons (Fsp3) is 0.529. The lowest BCUT2D eigenvalue weighted by molar-refractivity contribution is 0.226. The van der Waals surface area contributed by atoms with Crippen molar-refractivity contribution in [3.63, 3.8) is 0 Å². The van der Waals surface area contributed by atoms with Crippen LogP contribution in [0.25, 0.3) is 10.9 Å². The molecule has 3 rings (SSSR count). The molecule has 1 aromatic carbocycles. The number of hydrogen-bond donors (Lipinski definition) is 1. The topological polar surface area (TPSA) is 58.2 Å². The van der Waals surface area contributed by atoms with Crippen LogP contribution in [0.15, 0.2) is 23.0 Å². The van der Waals surface area contributed by atoms with Gasteiger partial charge >= 0.3 is 0 Å². The summed E-state index contributed by atoms with van der Waals surface area (Å²) < 4.78 is 5.31. The van der Waals surface area contributed by atoms with Gasteiger partial charge in [0.25, 0.3) is 5.56 Å². The number of likely N-dealkylation sites (tertiary alicyclic amines) is 1. The summed E-state index contributed by atoms with van der Waals surface area (Å²) >= 11 is 0. The minimum absolute atomic E-state index is 0.0862. The van der Waals surface area contributed by atoms with E-state index in [-0.39, 0.29) is 5.56 Å². The van der Waals surface area contributed by atoms with Crippen molar-refractivity contribution in [1.82, 2.24) is 14.9 Å². The maximum atomic E-state index is 12.2. The Labute approximate surface area is 130 Å². The lowest BCUT2D eigenvalue weighted by Crippen LogP contribution is -2.30. The van der Waals surface area contributed by atoms with Crippen LogP contribution >= 0.6 is 0 Å². The Bertz CT molecular complexity index is 690. The molecule has 1 aliphatic rings. The molecule has 5 nitrogen and oxygen atoms in total. The summed E-state index contributed by atoms with van der Waals surface area (Å²) in [6, 6.07) is 5.43. The van der Waals surface area contributed by atoms with Crippen LogP contribution in [0.5, 0.6) is 5.75 Å². The molecule has 1 aliphatic heterocycles. The van der Waals surface area contributed by atoms with Gasteiger partial charge in [-0.1, -0.05) is 12.5 Å². The number of piperidine rings is 1. The quantitative estimate of drug-likeness (QED) is 0.921. The molecule has 1 fully saturated rings. The molecule has 1 N–H and O–H groups in total. The lowest BCUT2D eigenvalue weighted by atomic mass is 10.1. The number of aryl methyl sites for hydroxylation is 1. The molecule has 2 heterocycles. The van der Waals surface area contributed by atoms with E-state index in [0.717, 1.165) is 25.2 Å². The number of H-pyrrole nitrogens is 1. The third-order valence-corrected chi connectivity index (χ3v) is 4.30. The zero-order valence-electron chi connectivity index (χ0n) is 13.1. The second-order valence-corrected chi connectivity index (χ2v) is 5.87. The van der Waals surface area contributed by atoms with Crippen molar-refractivity contribution in [3.05, 3.63) is 34.4 Å². The highest BCUT2D eigenvalue weighted by molar-refractivity contribution is 5.83. The second-order valence-electron chi connectivity index (χ2n) is 5.87. The molecular weight excluding hydrogens is 278 g/mol. The highest BCUT2D eigenvalue weighted by Crippen LogP contribution is 2.20. The number of aromatic amines is 1. The summed E-state index contributed by atoms with van der Waals surface area (Å²) in [4.78, 5) is 22.2. The molecule has 1 saturated heterocycles. The van der Waals surface area contributed by atoms with Gasteiger partial charge in [0, 0.05) is 6.42 Å². The molecule has 0 amide bonds. The predicted octanol–water partition coefficient (Wildman–Crippen LogP) is 2.35. The van der Waals surface area contributed by atoms with Crippen LogP contribution in [0, 0.1) is 0 Å². The van der Waals surface area contributed by atoms with Gasteiger partial charge in [0.05, 0.1) is 12.5 Å². The van der Waals surface area contributed by atoms with Gasteiger partial charge in [0.2, 0.25) is 0 Å². The largest absolute Gasteiger partial charge is 0.494 e. The Hall–Kier alpha value is -1.88. The van der Waals surface area contributed by atoms with Crippen LogP contribution in [0.2, 0.25) is 0 Å². The molecule has 118 valence electrons. The van der Waals surface area contributed by atoms with Crippen LogP contribution in [0.1, 0.15) is 31.5 Å². The van der Waals surface area contributed by atoms with Gasteiger partial charge in [0.1, 0.15) is 17.1 Å². The smallest absolute Gasteiger partial charge is 0.258 e. The highest BCUT2D eigenvalue weighted by atomic mass is 16.5. The molecular formula is C17H23N3O2. The van der Waals surface area contributed by atoms with Gasteiger partial charge in [0.15, 0.2) is 0 Å². The summed E-state index contributed by atoms with van der Waals surface area (Å²) in [5, 5.41) is 0.583. The summed E-state index contributed by atoms with van der Waals surface area (Å²) in [5.74, 6) is 1.40. The average Bonchev–Trinajstić information content (AvgIpc) is 2.55. The molecule has 0 radical (unpaired) electrons. The van der Waals surface area contributed by atoms with Crippen molar-refractivity contribution >= 4 is 10.9 Å². The van der Waals surface area contributed by atoms with Crippen molar-refractivity contribution in [2.24, 2.45) is 0 Å². The van der Waals surface area contributed by atoms with Crippen molar-refractivity contribution in [2.75, 3.05) is 26.7 Å². The van der Waals surface area contributed by atoms with Crippen molar-refractivity contribution in [1.29, 1.82) is 0 Å². The van der Waals surface area contributed by atoms with Gasteiger partial charge in [-0.3, -0.25) is 4.79 Å². The second kappa shape index (κ2) is 6.92. The van der Waals surface area contributed by atoms with E-state index in [4.69, 9.17) is 4.74 Å². The number of fused-ring (bicyclic) bond motifs is 1. The van der Waals surface area contributed by atoms with Crippen LogP contribution in [-0.4, -0.2) is 41.6 Å². The number of ether oxygens (including phenoxy) is 1. The number of methoxy groups -OCH3 is 1. The van der Waals surface area contributed by atoms with E-state index in [9.17, 15) is 4.79 Å². The van der Waals surface area contributed by atoms with Crippen LogP contribution in [-0.2, 0) is 6.42 Å². The highest BCUT2D eigenvalue weighted by Gasteiger charge is 2.11. The molecule has 0 spiro atoms. The number of benzene rings is 1. The first-order valence-corrected chi connectivity index (χ1v) is 8.06. The van der Waals surface area contributed by atoms with E-state index < -0.39 is 0 Å². The Balaban J connectivity index is 1.72. The van der Waals surface area contributed by atoms with E-state index >= 15 is 0 Å². The first kappa shape index (κ1) is 15.0. The summed E-state index contributed by atoms with van der Waals surface area (Å²) in [6.45, 7) is 3.48. The zero-order chi connectivity index (χ0) is 15.4. The van der Waals surface area contributed by atoms with Crippen molar-refractivity contribution in [3.8, 4) is 5.75 Å². The Morgan fingerprint density at radius 3 is 2.86 bits per heavy atom. The maximum Gasteiger partial charge on any atom is 0.258 e. The standard InChI is InChI=1S/C17H23N3O2/c1-22-14-8-5-7-13-16(14)18-15(19-17(13)21)9-6-12-20-10-3-2-4-11-20/h5,7-8H,2-4,6,9-12H2,1H3,(H,18,19,21). The van der Waals surface area contributed by atoms with E-state index in [0.29, 0.717) is 16.7 Å². The van der Waals surface area contributed by atoms with Gasteiger partial charge in [-0.15, -0.1) is 0 Å². The molecule has 0 bridgehead atoms. The van der Waals surface area contributed by atoms with Gasteiger partial charge in [-0.25, -0.2) is 4.98 Å². The fourth-order valence-corrected chi connectivity index (χ4v) is 3.12. The van der Waals surface area contributed by atoms with Crippen LogP contribution in [0.3, 0.4) is 0 Å². The Kier molecular flexibility index (Phi) is 4.73. The molecule has 1 aromatic heterocycles. The van der Waals surface area contributed by atoms with E-state index in [2.05, 4.69) is 14.9 Å². The minimum Gasteiger partial charge on any atom is -0.494 e.